The molecule has 2 heterocycles. The molecule has 164 valence electrons. The van der Waals surface area contributed by atoms with Crippen LogP contribution in [-0.4, -0.2) is 40.4 Å². The lowest BCUT2D eigenvalue weighted by Crippen LogP contribution is -2.47. The van der Waals surface area contributed by atoms with Crippen LogP contribution in [0.2, 0.25) is 0 Å². The maximum absolute atomic E-state index is 12.8. The van der Waals surface area contributed by atoms with Crippen molar-refractivity contribution in [2.24, 2.45) is 0 Å². The topological polar surface area (TPSA) is 138 Å². The van der Waals surface area contributed by atoms with Crippen LogP contribution in [0.3, 0.4) is 0 Å². The molecule has 1 aromatic carbocycles. The largest absolute Gasteiger partial charge is 0.497 e. The third-order valence-corrected chi connectivity index (χ3v) is 4.93. The summed E-state index contributed by atoms with van der Waals surface area (Å²) in [6.45, 7) is 4.87. The summed E-state index contributed by atoms with van der Waals surface area (Å²) in [4.78, 5) is 36.1. The number of methoxy groups -OCH3 is 1. The second kappa shape index (κ2) is 8.86. The summed E-state index contributed by atoms with van der Waals surface area (Å²) < 4.78 is 11.8. The molecule has 0 fully saturated rings. The number of nitrogens with zero attached hydrogens (tertiary/aromatic N) is 3. The van der Waals surface area contributed by atoms with Crippen molar-refractivity contribution < 1.29 is 24.0 Å². The number of aromatic nitrogens is 2. The van der Waals surface area contributed by atoms with Crippen molar-refractivity contribution in [3.05, 3.63) is 62.6 Å². The molecule has 1 aliphatic heterocycles. The summed E-state index contributed by atoms with van der Waals surface area (Å²) in [6.07, 6.45) is 0. The van der Waals surface area contributed by atoms with Gasteiger partial charge in [0.25, 0.3) is 0 Å². The molecule has 3 rings (SSSR count). The molecule has 2 aromatic rings. The van der Waals surface area contributed by atoms with Crippen LogP contribution in [0.25, 0.3) is 0 Å². The molecule has 0 aliphatic carbocycles. The Morgan fingerprint density at radius 2 is 1.97 bits per heavy atom. The molecule has 1 aromatic heterocycles. The Bertz CT molecular complexity index is 1060. The lowest BCUT2D eigenvalue weighted by atomic mass is 9.95. The molecular formula is C20H23N5O6. The van der Waals surface area contributed by atoms with Crippen LogP contribution in [0.4, 0.5) is 10.5 Å². The summed E-state index contributed by atoms with van der Waals surface area (Å²) in [7, 11) is 1.54. The molecule has 2 amide bonds. The van der Waals surface area contributed by atoms with Crippen molar-refractivity contribution in [2.75, 3.05) is 13.7 Å². The Morgan fingerprint density at radius 3 is 2.52 bits per heavy atom. The Kier molecular flexibility index (Phi) is 6.23. The molecule has 11 heteroatoms. The number of benzene rings is 1. The molecule has 31 heavy (non-hydrogen) atoms. The smallest absolute Gasteiger partial charge is 0.338 e. The number of aryl methyl sites for hydroxylation is 1. The fourth-order valence-electron chi connectivity index (χ4n) is 3.49. The molecule has 0 saturated heterocycles. The molecule has 2 N–H and O–H groups in total. The summed E-state index contributed by atoms with van der Waals surface area (Å²) in [5.41, 5.74) is 1.55. The normalized spacial score (nSPS) is 15.9. The SMILES string of the molecule is CCOC(=O)C1=C(Cn2nc(C)c([N+](=O)[O-])c2C)NC(=O)N[C@H]1c1ccc(OC)cc1. The predicted octanol–water partition coefficient (Wildman–Crippen LogP) is 2.29. The number of rotatable bonds is 7. The Morgan fingerprint density at radius 1 is 1.29 bits per heavy atom. The van der Waals surface area contributed by atoms with Gasteiger partial charge in [-0.15, -0.1) is 0 Å². The van der Waals surface area contributed by atoms with Crippen molar-refractivity contribution in [1.29, 1.82) is 0 Å². The van der Waals surface area contributed by atoms with E-state index in [4.69, 9.17) is 9.47 Å². The van der Waals surface area contributed by atoms with E-state index in [0.717, 1.165) is 0 Å². The molecule has 0 spiro atoms. The van der Waals surface area contributed by atoms with Crippen LogP contribution < -0.4 is 15.4 Å². The summed E-state index contributed by atoms with van der Waals surface area (Å²) in [5, 5.41) is 20.9. The highest BCUT2D eigenvalue weighted by atomic mass is 16.6. The van der Waals surface area contributed by atoms with Crippen molar-refractivity contribution in [3.63, 3.8) is 0 Å². The van der Waals surface area contributed by atoms with Crippen LogP contribution in [-0.2, 0) is 16.1 Å². The molecule has 1 aliphatic rings. The van der Waals surface area contributed by atoms with Gasteiger partial charge in [0.05, 0.1) is 42.5 Å². The van der Waals surface area contributed by atoms with E-state index in [0.29, 0.717) is 17.0 Å². The van der Waals surface area contributed by atoms with E-state index in [-0.39, 0.29) is 35.8 Å². The zero-order chi connectivity index (χ0) is 22.7. The lowest BCUT2D eigenvalue weighted by molar-refractivity contribution is -0.386. The average Bonchev–Trinajstić information content (AvgIpc) is 3.00. The highest BCUT2D eigenvalue weighted by molar-refractivity contribution is 5.95. The minimum absolute atomic E-state index is 0.0469. The third-order valence-electron chi connectivity index (χ3n) is 4.93. The van der Waals surface area contributed by atoms with Crippen molar-refractivity contribution >= 4 is 17.7 Å². The first kappa shape index (κ1) is 21.8. The highest BCUT2D eigenvalue weighted by Gasteiger charge is 2.34. The van der Waals surface area contributed by atoms with Gasteiger partial charge in [0.15, 0.2) is 0 Å². The summed E-state index contributed by atoms with van der Waals surface area (Å²) in [5.74, 6) is 0.0164. The van der Waals surface area contributed by atoms with E-state index in [1.807, 2.05) is 0 Å². The Balaban J connectivity index is 2.10. The number of carbonyl (C=O) groups excluding carboxylic acids is 2. The summed E-state index contributed by atoms with van der Waals surface area (Å²) >= 11 is 0. The van der Waals surface area contributed by atoms with Gasteiger partial charge < -0.3 is 20.1 Å². The molecule has 0 unspecified atom stereocenters. The van der Waals surface area contributed by atoms with Gasteiger partial charge in [0.1, 0.15) is 17.1 Å². The number of nitro groups is 1. The van der Waals surface area contributed by atoms with E-state index in [2.05, 4.69) is 15.7 Å². The van der Waals surface area contributed by atoms with Crippen LogP contribution in [0.1, 0.15) is 29.9 Å². The predicted molar refractivity (Wildman–Crippen MR) is 109 cm³/mol. The first-order valence-electron chi connectivity index (χ1n) is 9.56. The van der Waals surface area contributed by atoms with Gasteiger partial charge in [-0.2, -0.15) is 5.10 Å². The van der Waals surface area contributed by atoms with Crippen LogP contribution in [0, 0.1) is 24.0 Å². The quantitative estimate of drug-likeness (QED) is 0.391. The molecule has 0 radical (unpaired) electrons. The number of ether oxygens (including phenoxy) is 2. The van der Waals surface area contributed by atoms with Gasteiger partial charge in [-0.25, -0.2) is 9.59 Å². The highest BCUT2D eigenvalue weighted by Crippen LogP contribution is 2.30. The zero-order valence-corrected chi connectivity index (χ0v) is 17.6. The molecule has 1 atom stereocenters. The van der Waals surface area contributed by atoms with Gasteiger partial charge in [-0.05, 0) is 38.5 Å². The van der Waals surface area contributed by atoms with Crippen molar-refractivity contribution in [3.8, 4) is 5.75 Å². The fourth-order valence-corrected chi connectivity index (χ4v) is 3.49. The second-order valence-electron chi connectivity index (χ2n) is 6.85. The standard InChI is InChI=1S/C20H23N5O6/c1-5-31-19(26)16-15(10-24-12(3)18(25(28)29)11(2)23-24)21-20(27)22-17(16)13-6-8-14(30-4)9-7-13/h6-9,17H,5,10H2,1-4H3,(H2,21,22,27)/t17-/m0/s1. The molecule has 0 bridgehead atoms. The van der Waals surface area contributed by atoms with E-state index in [1.54, 1.807) is 38.1 Å². The van der Waals surface area contributed by atoms with E-state index < -0.39 is 23.0 Å². The van der Waals surface area contributed by atoms with Crippen LogP contribution in [0.15, 0.2) is 35.5 Å². The zero-order valence-electron chi connectivity index (χ0n) is 17.6. The van der Waals surface area contributed by atoms with Crippen LogP contribution >= 0.6 is 0 Å². The van der Waals surface area contributed by atoms with E-state index >= 15 is 0 Å². The fraction of sp³-hybridized carbons (Fsp3) is 0.350. The number of nitrogens with one attached hydrogen (secondary N) is 2. The number of amides is 2. The molecule has 11 nitrogen and oxygen atoms in total. The minimum atomic E-state index is -0.777. The van der Waals surface area contributed by atoms with Gasteiger partial charge >= 0.3 is 17.7 Å². The first-order chi connectivity index (χ1) is 14.8. The number of hydrogen-bond donors (Lipinski definition) is 2. The number of esters is 1. The molecular weight excluding hydrogens is 406 g/mol. The summed E-state index contributed by atoms with van der Waals surface area (Å²) in [6, 6.07) is 5.62. The first-order valence-corrected chi connectivity index (χ1v) is 9.56. The van der Waals surface area contributed by atoms with Gasteiger partial charge in [-0.1, -0.05) is 12.1 Å². The number of carbonyl (C=O) groups is 2. The van der Waals surface area contributed by atoms with Crippen molar-refractivity contribution in [2.45, 2.75) is 33.4 Å². The Labute approximate surface area is 178 Å². The maximum Gasteiger partial charge on any atom is 0.338 e. The number of allylic oxidation sites excluding steroid dienone is 1. The van der Waals surface area contributed by atoms with Gasteiger partial charge in [-0.3, -0.25) is 14.8 Å². The van der Waals surface area contributed by atoms with Gasteiger partial charge in [0.2, 0.25) is 0 Å². The second-order valence-corrected chi connectivity index (χ2v) is 6.85. The third kappa shape index (κ3) is 4.34. The maximum atomic E-state index is 12.8. The van der Waals surface area contributed by atoms with E-state index in [9.17, 15) is 19.7 Å². The van der Waals surface area contributed by atoms with E-state index in [1.165, 1.54) is 18.7 Å². The van der Waals surface area contributed by atoms with Crippen LogP contribution in [0.5, 0.6) is 5.75 Å². The number of urea groups is 1. The Hall–Kier alpha value is -3.89. The van der Waals surface area contributed by atoms with Crippen molar-refractivity contribution in [1.82, 2.24) is 20.4 Å². The average molecular weight is 429 g/mol. The number of hydrogen-bond acceptors (Lipinski definition) is 7. The monoisotopic (exact) mass is 429 g/mol. The van der Waals surface area contributed by atoms with Gasteiger partial charge in [0, 0.05) is 0 Å². The lowest BCUT2D eigenvalue weighted by Gasteiger charge is -2.29. The minimum Gasteiger partial charge on any atom is -0.497 e. The molecule has 0 saturated carbocycles.